The van der Waals surface area contributed by atoms with Gasteiger partial charge in [0.25, 0.3) is 0 Å². The van der Waals surface area contributed by atoms with Gasteiger partial charge < -0.3 is 20.3 Å². The van der Waals surface area contributed by atoms with Crippen LogP contribution in [0.1, 0.15) is 45.2 Å². The average Bonchev–Trinajstić information content (AvgIpc) is 2.61. The third kappa shape index (κ3) is 11.0. The zero-order chi connectivity index (χ0) is 22.9. The second kappa shape index (κ2) is 13.1. The summed E-state index contributed by atoms with van der Waals surface area (Å²) in [6.07, 6.45) is 1.73. The molecule has 0 atom stereocenters. The van der Waals surface area contributed by atoms with Gasteiger partial charge in [0.1, 0.15) is 5.60 Å². The quantitative estimate of drug-likeness (QED) is 0.284. The number of aryl methyl sites for hydroxylation is 1. The Balaban J connectivity index is 0.00000900. The minimum atomic E-state index is -3.23. The minimum Gasteiger partial charge on any atom is -0.444 e. The van der Waals surface area contributed by atoms with Gasteiger partial charge in [-0.15, -0.1) is 24.0 Å². The van der Waals surface area contributed by atoms with Gasteiger partial charge in [-0.05, 0) is 51.3 Å². The molecule has 0 radical (unpaired) electrons. The Kier molecular flexibility index (Phi) is 12.4. The van der Waals surface area contributed by atoms with Crippen molar-refractivity contribution in [3.8, 4) is 0 Å². The van der Waals surface area contributed by atoms with Crippen molar-refractivity contribution in [1.29, 1.82) is 0 Å². The molecule has 0 aliphatic rings. The molecule has 8 nitrogen and oxygen atoms in total. The molecule has 0 aliphatic carbocycles. The van der Waals surface area contributed by atoms with Gasteiger partial charge in [0.2, 0.25) is 0 Å². The summed E-state index contributed by atoms with van der Waals surface area (Å²) in [4.78, 5) is 18.5. The van der Waals surface area contributed by atoms with Crippen molar-refractivity contribution in [1.82, 2.24) is 15.5 Å². The fourth-order valence-corrected chi connectivity index (χ4v) is 3.80. The lowest BCUT2D eigenvalue weighted by atomic mass is 10.1. The van der Waals surface area contributed by atoms with Gasteiger partial charge in [0.15, 0.2) is 15.8 Å². The molecule has 0 fully saturated rings. The molecule has 1 aromatic carbocycles. The number of carbonyl (C=O) groups excluding carboxylic acids is 1. The van der Waals surface area contributed by atoms with Crippen molar-refractivity contribution in [2.45, 2.75) is 58.1 Å². The lowest BCUT2D eigenvalue weighted by Crippen LogP contribution is -2.44. The summed E-state index contributed by atoms with van der Waals surface area (Å²) in [7, 11) is -1.56. The Morgan fingerprint density at radius 3 is 2.32 bits per heavy atom. The van der Waals surface area contributed by atoms with E-state index in [-0.39, 0.29) is 30.1 Å². The molecule has 1 rings (SSSR count). The number of nitrogens with one attached hydrogen (secondary N) is 2. The highest BCUT2D eigenvalue weighted by Crippen LogP contribution is 2.16. The summed E-state index contributed by atoms with van der Waals surface area (Å²) in [6, 6.07) is 5.26. The van der Waals surface area contributed by atoms with Crippen molar-refractivity contribution in [3.63, 3.8) is 0 Å². The summed E-state index contributed by atoms with van der Waals surface area (Å²) >= 11 is 0. The van der Waals surface area contributed by atoms with Crippen LogP contribution in [0.3, 0.4) is 0 Å². The minimum absolute atomic E-state index is 0. The zero-order valence-electron chi connectivity index (χ0n) is 19.6. The first-order valence-electron chi connectivity index (χ1n) is 10.1. The fraction of sp³-hybridized carbons (Fsp3) is 0.619. The molecule has 0 unspecified atom stereocenters. The predicted molar refractivity (Wildman–Crippen MR) is 136 cm³/mol. The highest BCUT2D eigenvalue weighted by Gasteiger charge is 2.21. The van der Waals surface area contributed by atoms with E-state index in [0.717, 1.165) is 12.0 Å². The first-order valence-corrected chi connectivity index (χ1v) is 12.0. The third-order valence-electron chi connectivity index (χ3n) is 4.14. The van der Waals surface area contributed by atoms with Crippen LogP contribution in [0.25, 0.3) is 0 Å². The Morgan fingerprint density at radius 1 is 1.19 bits per heavy atom. The molecule has 2 N–H and O–H groups in total. The Bertz CT molecular complexity index is 851. The number of benzene rings is 1. The average molecular weight is 569 g/mol. The number of hydrogen-bond donors (Lipinski definition) is 2. The zero-order valence-corrected chi connectivity index (χ0v) is 22.8. The number of carbonyl (C=O) groups is 1. The molecule has 0 saturated carbocycles. The van der Waals surface area contributed by atoms with E-state index in [1.165, 1.54) is 6.26 Å². The molecule has 0 bridgehead atoms. The normalized spacial score (nSPS) is 12.0. The molecule has 0 saturated heterocycles. The number of nitrogens with zero attached hydrogens (tertiary/aromatic N) is 2. The molecule has 178 valence electrons. The standard InChI is InChI=1S/C21H36N4O4S.HI/c1-8-12-25(20(26)29-21(3,4)5)13-11-23-19(22-6)24-15-17-9-10-18(16(2)14-17)30(7,27)28;/h9-10,14H,8,11-13,15H2,1-7H3,(H2,22,23,24);1H. The first kappa shape index (κ1) is 29.4. The molecule has 1 amide bonds. The number of amides is 1. The van der Waals surface area contributed by atoms with Crippen LogP contribution >= 0.6 is 24.0 Å². The van der Waals surface area contributed by atoms with Crippen LogP contribution in [-0.4, -0.2) is 63.9 Å². The third-order valence-corrected chi connectivity index (χ3v) is 5.40. The van der Waals surface area contributed by atoms with E-state index in [1.54, 1.807) is 31.0 Å². The largest absolute Gasteiger partial charge is 0.444 e. The smallest absolute Gasteiger partial charge is 0.410 e. The van der Waals surface area contributed by atoms with Gasteiger partial charge in [0.05, 0.1) is 4.90 Å². The van der Waals surface area contributed by atoms with Crippen molar-refractivity contribution in [3.05, 3.63) is 29.3 Å². The van der Waals surface area contributed by atoms with E-state index in [4.69, 9.17) is 4.74 Å². The summed E-state index contributed by atoms with van der Waals surface area (Å²) in [5, 5.41) is 6.39. The van der Waals surface area contributed by atoms with Gasteiger partial charge in [0, 0.05) is 39.5 Å². The number of hydrogen-bond acceptors (Lipinski definition) is 5. The molecule has 0 spiro atoms. The van der Waals surface area contributed by atoms with Crippen molar-refractivity contribution < 1.29 is 17.9 Å². The van der Waals surface area contributed by atoms with Crippen LogP contribution in [0.15, 0.2) is 28.1 Å². The monoisotopic (exact) mass is 568 g/mol. The highest BCUT2D eigenvalue weighted by atomic mass is 127. The van der Waals surface area contributed by atoms with Gasteiger partial charge in [-0.1, -0.05) is 19.1 Å². The Labute approximate surface area is 204 Å². The maximum atomic E-state index is 12.3. The number of sulfone groups is 1. The summed E-state index contributed by atoms with van der Waals surface area (Å²) in [5.74, 6) is 0.598. The molecule has 0 heterocycles. The molecular weight excluding hydrogens is 531 g/mol. The van der Waals surface area contributed by atoms with Crippen LogP contribution in [0.4, 0.5) is 4.79 Å². The number of rotatable bonds is 8. The Morgan fingerprint density at radius 2 is 1.84 bits per heavy atom. The van der Waals surface area contributed by atoms with Crippen molar-refractivity contribution >= 4 is 45.9 Å². The fourth-order valence-electron chi connectivity index (χ4n) is 2.84. The van der Waals surface area contributed by atoms with Crippen molar-refractivity contribution in [2.24, 2.45) is 4.99 Å². The summed E-state index contributed by atoms with van der Waals surface area (Å²) in [6.45, 7) is 11.5. The maximum Gasteiger partial charge on any atom is 0.410 e. The highest BCUT2D eigenvalue weighted by molar-refractivity contribution is 14.0. The van der Waals surface area contributed by atoms with Crippen LogP contribution in [-0.2, 0) is 21.1 Å². The topological polar surface area (TPSA) is 100 Å². The van der Waals surface area contributed by atoms with Crippen molar-refractivity contribution in [2.75, 3.05) is 32.9 Å². The second-order valence-electron chi connectivity index (χ2n) is 8.19. The molecule has 0 aromatic heterocycles. The number of ether oxygens (including phenoxy) is 1. The van der Waals surface area contributed by atoms with Gasteiger partial charge in [-0.25, -0.2) is 13.2 Å². The van der Waals surface area contributed by atoms with Crippen LogP contribution in [0, 0.1) is 6.92 Å². The lowest BCUT2D eigenvalue weighted by molar-refractivity contribution is 0.0253. The van der Waals surface area contributed by atoms with Crippen LogP contribution < -0.4 is 10.6 Å². The van der Waals surface area contributed by atoms with Crippen LogP contribution in [0.2, 0.25) is 0 Å². The van der Waals surface area contributed by atoms with E-state index < -0.39 is 15.4 Å². The van der Waals surface area contributed by atoms with Crippen LogP contribution in [0.5, 0.6) is 0 Å². The number of guanidine groups is 1. The van der Waals surface area contributed by atoms with Gasteiger partial charge >= 0.3 is 6.09 Å². The number of aliphatic imine (C=N–C) groups is 1. The van der Waals surface area contributed by atoms with E-state index in [1.807, 2.05) is 33.8 Å². The Hall–Kier alpha value is -1.56. The summed E-state index contributed by atoms with van der Waals surface area (Å²) < 4.78 is 28.9. The first-order chi connectivity index (χ1) is 13.9. The van der Waals surface area contributed by atoms with E-state index >= 15 is 0 Å². The van der Waals surface area contributed by atoms with Gasteiger partial charge in [-0.3, -0.25) is 4.99 Å². The second-order valence-corrected chi connectivity index (χ2v) is 10.2. The molecule has 10 heteroatoms. The maximum absolute atomic E-state index is 12.3. The van der Waals surface area contributed by atoms with E-state index in [0.29, 0.717) is 42.6 Å². The molecular formula is C21H37IN4O4S. The summed E-state index contributed by atoms with van der Waals surface area (Å²) in [5.41, 5.74) is 1.13. The lowest BCUT2D eigenvalue weighted by Gasteiger charge is -2.27. The molecule has 0 aliphatic heterocycles. The van der Waals surface area contributed by atoms with E-state index in [9.17, 15) is 13.2 Å². The predicted octanol–water partition coefficient (Wildman–Crippen LogP) is 3.33. The number of halogens is 1. The van der Waals surface area contributed by atoms with Gasteiger partial charge in [-0.2, -0.15) is 0 Å². The SMILES string of the molecule is CCCN(CCNC(=NC)NCc1ccc(S(C)(=O)=O)c(C)c1)C(=O)OC(C)(C)C.I. The molecule has 1 aromatic rings. The molecule has 31 heavy (non-hydrogen) atoms. The van der Waals surface area contributed by atoms with E-state index in [2.05, 4.69) is 15.6 Å².